The number of hydrogen-bond acceptors (Lipinski definition) is 1. The second-order valence-corrected chi connectivity index (χ2v) is 5.01. The predicted molar refractivity (Wildman–Crippen MR) is 70.8 cm³/mol. The zero-order chi connectivity index (χ0) is 11.8. The van der Waals surface area contributed by atoms with E-state index in [-0.39, 0.29) is 0 Å². The summed E-state index contributed by atoms with van der Waals surface area (Å²) >= 11 is 0. The Kier molecular flexibility index (Phi) is 6.27. The molecule has 0 unspecified atom stereocenters. The highest BCUT2D eigenvalue weighted by atomic mass is 15.2. The van der Waals surface area contributed by atoms with E-state index >= 15 is 0 Å². The van der Waals surface area contributed by atoms with Crippen LogP contribution >= 0.6 is 0 Å². The van der Waals surface area contributed by atoms with E-state index in [0.717, 1.165) is 37.3 Å². The van der Waals surface area contributed by atoms with Crippen LogP contribution in [0.1, 0.15) is 46.0 Å². The van der Waals surface area contributed by atoms with Crippen LogP contribution in [0.15, 0.2) is 4.99 Å². The minimum Gasteiger partial charge on any atom is -0.356 e. The molecule has 0 saturated heterocycles. The van der Waals surface area contributed by atoms with Gasteiger partial charge in [-0.05, 0) is 31.1 Å². The van der Waals surface area contributed by atoms with Crippen molar-refractivity contribution in [1.82, 2.24) is 10.6 Å². The van der Waals surface area contributed by atoms with Gasteiger partial charge in [-0.15, -0.1) is 0 Å². The third-order valence-corrected chi connectivity index (χ3v) is 3.46. The molecule has 0 radical (unpaired) electrons. The van der Waals surface area contributed by atoms with E-state index in [1.807, 2.05) is 7.05 Å². The van der Waals surface area contributed by atoms with Gasteiger partial charge in [-0.25, -0.2) is 0 Å². The van der Waals surface area contributed by atoms with Gasteiger partial charge in [0.1, 0.15) is 0 Å². The molecule has 0 amide bonds. The van der Waals surface area contributed by atoms with Gasteiger partial charge in [-0.2, -0.15) is 0 Å². The monoisotopic (exact) mass is 225 g/mol. The van der Waals surface area contributed by atoms with E-state index < -0.39 is 0 Å². The highest BCUT2D eigenvalue weighted by Gasteiger charge is 2.17. The van der Waals surface area contributed by atoms with Gasteiger partial charge < -0.3 is 10.6 Å². The third kappa shape index (κ3) is 4.86. The summed E-state index contributed by atoms with van der Waals surface area (Å²) in [7, 11) is 1.84. The Labute approximate surface area is 100 Å². The van der Waals surface area contributed by atoms with Crippen molar-refractivity contribution < 1.29 is 0 Å². The average molecular weight is 225 g/mol. The third-order valence-electron chi connectivity index (χ3n) is 3.46. The van der Waals surface area contributed by atoms with Crippen LogP contribution in [0.2, 0.25) is 0 Å². The van der Waals surface area contributed by atoms with Gasteiger partial charge in [-0.1, -0.05) is 26.7 Å². The average Bonchev–Trinajstić information content (AvgIpc) is 2.32. The van der Waals surface area contributed by atoms with Gasteiger partial charge >= 0.3 is 0 Å². The Morgan fingerprint density at radius 2 is 1.88 bits per heavy atom. The highest BCUT2D eigenvalue weighted by Crippen LogP contribution is 2.27. The zero-order valence-electron chi connectivity index (χ0n) is 11.1. The van der Waals surface area contributed by atoms with Gasteiger partial charge in [0, 0.05) is 20.1 Å². The van der Waals surface area contributed by atoms with Crippen molar-refractivity contribution in [2.24, 2.45) is 16.8 Å². The van der Waals surface area contributed by atoms with Crippen molar-refractivity contribution in [3.8, 4) is 0 Å². The summed E-state index contributed by atoms with van der Waals surface area (Å²) in [4.78, 5) is 4.22. The van der Waals surface area contributed by atoms with Crippen LogP contribution in [0.5, 0.6) is 0 Å². The first-order valence-corrected chi connectivity index (χ1v) is 6.70. The van der Waals surface area contributed by atoms with Crippen LogP contribution in [0.25, 0.3) is 0 Å². The van der Waals surface area contributed by atoms with Crippen molar-refractivity contribution in [2.45, 2.75) is 46.0 Å². The van der Waals surface area contributed by atoms with Gasteiger partial charge in [-0.3, -0.25) is 4.99 Å². The number of rotatable bonds is 4. The molecule has 3 heteroatoms. The van der Waals surface area contributed by atoms with Crippen molar-refractivity contribution >= 4 is 5.96 Å². The molecular weight excluding hydrogens is 198 g/mol. The highest BCUT2D eigenvalue weighted by molar-refractivity contribution is 5.79. The molecular formula is C13H27N3. The molecule has 0 aromatic carbocycles. The molecule has 3 nitrogen and oxygen atoms in total. The lowest BCUT2D eigenvalue weighted by Crippen LogP contribution is -2.40. The van der Waals surface area contributed by atoms with Crippen LogP contribution in [-0.2, 0) is 0 Å². The minimum atomic E-state index is 0.844. The molecule has 0 aromatic heterocycles. The van der Waals surface area contributed by atoms with E-state index in [1.165, 1.54) is 25.7 Å². The first-order chi connectivity index (χ1) is 7.76. The van der Waals surface area contributed by atoms with E-state index in [4.69, 9.17) is 0 Å². The molecule has 0 aliphatic heterocycles. The van der Waals surface area contributed by atoms with Crippen LogP contribution in [0, 0.1) is 11.8 Å². The summed E-state index contributed by atoms with van der Waals surface area (Å²) in [5, 5.41) is 6.73. The van der Waals surface area contributed by atoms with Gasteiger partial charge in [0.05, 0.1) is 0 Å². The number of hydrogen-bond donors (Lipinski definition) is 2. The fourth-order valence-electron chi connectivity index (χ4n) is 2.24. The Hall–Kier alpha value is -0.730. The first-order valence-electron chi connectivity index (χ1n) is 6.70. The Balaban J connectivity index is 2.17. The molecule has 94 valence electrons. The van der Waals surface area contributed by atoms with Crippen LogP contribution in [0.4, 0.5) is 0 Å². The fraction of sp³-hybridized carbons (Fsp3) is 0.923. The summed E-state index contributed by atoms with van der Waals surface area (Å²) in [6.45, 7) is 6.62. The topological polar surface area (TPSA) is 36.4 Å². The Morgan fingerprint density at radius 1 is 1.19 bits per heavy atom. The van der Waals surface area contributed by atoms with Crippen LogP contribution in [0.3, 0.4) is 0 Å². The molecule has 0 aromatic rings. The van der Waals surface area contributed by atoms with Crippen molar-refractivity contribution in [3.63, 3.8) is 0 Å². The molecule has 0 spiro atoms. The lowest BCUT2D eigenvalue weighted by molar-refractivity contribution is 0.289. The molecule has 0 bridgehead atoms. The standard InChI is InChI=1S/C13H27N3/c1-4-9-15-13(14-3)16-10-12-7-5-11(2)6-8-12/h11-12H,4-10H2,1-3H3,(H2,14,15,16). The second kappa shape index (κ2) is 7.53. The van der Waals surface area contributed by atoms with Crippen molar-refractivity contribution in [3.05, 3.63) is 0 Å². The first kappa shape index (κ1) is 13.3. The van der Waals surface area contributed by atoms with E-state index in [9.17, 15) is 0 Å². The molecule has 2 N–H and O–H groups in total. The fourth-order valence-corrected chi connectivity index (χ4v) is 2.24. The summed E-state index contributed by atoms with van der Waals surface area (Å²) in [6.07, 6.45) is 6.68. The molecule has 1 aliphatic carbocycles. The molecule has 0 heterocycles. The largest absolute Gasteiger partial charge is 0.356 e. The molecule has 16 heavy (non-hydrogen) atoms. The van der Waals surface area contributed by atoms with Crippen molar-refractivity contribution in [2.75, 3.05) is 20.1 Å². The lowest BCUT2D eigenvalue weighted by Gasteiger charge is -2.26. The van der Waals surface area contributed by atoms with Gasteiger partial charge in [0.25, 0.3) is 0 Å². The SMILES string of the molecule is CCCNC(=NC)NCC1CCC(C)CC1. The number of nitrogens with zero attached hydrogens (tertiary/aromatic N) is 1. The number of aliphatic imine (C=N–C) groups is 1. The van der Waals surface area contributed by atoms with E-state index in [2.05, 4.69) is 29.5 Å². The summed E-state index contributed by atoms with van der Waals surface area (Å²) in [5.41, 5.74) is 0. The lowest BCUT2D eigenvalue weighted by atomic mass is 9.83. The molecule has 1 saturated carbocycles. The quantitative estimate of drug-likeness (QED) is 0.569. The van der Waals surface area contributed by atoms with Gasteiger partial charge in [0.2, 0.25) is 0 Å². The summed E-state index contributed by atoms with van der Waals surface area (Å²) in [5.74, 6) is 2.74. The second-order valence-electron chi connectivity index (χ2n) is 5.01. The number of nitrogens with one attached hydrogen (secondary N) is 2. The summed E-state index contributed by atoms with van der Waals surface area (Å²) in [6, 6.07) is 0. The molecule has 1 fully saturated rings. The maximum absolute atomic E-state index is 4.22. The van der Waals surface area contributed by atoms with Gasteiger partial charge in [0.15, 0.2) is 5.96 Å². The van der Waals surface area contributed by atoms with Crippen LogP contribution in [-0.4, -0.2) is 26.1 Å². The maximum Gasteiger partial charge on any atom is 0.190 e. The van der Waals surface area contributed by atoms with Crippen LogP contribution < -0.4 is 10.6 Å². The van der Waals surface area contributed by atoms with Crippen molar-refractivity contribution in [1.29, 1.82) is 0 Å². The predicted octanol–water partition coefficient (Wildman–Crippen LogP) is 2.39. The minimum absolute atomic E-state index is 0.844. The zero-order valence-corrected chi connectivity index (χ0v) is 11.1. The maximum atomic E-state index is 4.22. The molecule has 1 rings (SSSR count). The normalized spacial score (nSPS) is 26.6. The van der Waals surface area contributed by atoms with E-state index in [0.29, 0.717) is 0 Å². The molecule has 0 atom stereocenters. The smallest absolute Gasteiger partial charge is 0.190 e. The molecule has 1 aliphatic rings. The Bertz CT molecular complexity index is 205. The number of guanidine groups is 1. The Morgan fingerprint density at radius 3 is 2.44 bits per heavy atom. The summed E-state index contributed by atoms with van der Waals surface area (Å²) < 4.78 is 0. The van der Waals surface area contributed by atoms with E-state index in [1.54, 1.807) is 0 Å².